The van der Waals surface area contributed by atoms with Gasteiger partial charge in [0.05, 0.1) is 28.5 Å². The number of ether oxygens (including phenoxy) is 2. The van der Waals surface area contributed by atoms with Gasteiger partial charge in [0.25, 0.3) is 5.56 Å². The van der Waals surface area contributed by atoms with E-state index in [1.165, 1.54) is 11.3 Å². The Bertz CT molecular complexity index is 1480. The molecule has 0 radical (unpaired) electrons. The Morgan fingerprint density at radius 1 is 1.17 bits per heavy atom. The lowest BCUT2D eigenvalue weighted by molar-refractivity contribution is -0.139. The van der Waals surface area contributed by atoms with Gasteiger partial charge >= 0.3 is 5.97 Å². The number of rotatable bonds is 8. The third kappa shape index (κ3) is 5.04. The molecule has 7 nitrogen and oxygen atoms in total. The van der Waals surface area contributed by atoms with Crippen LogP contribution in [0.5, 0.6) is 5.75 Å². The molecule has 0 aliphatic carbocycles. The first-order valence-electron chi connectivity index (χ1n) is 11.6. The highest BCUT2D eigenvalue weighted by atomic mass is 32.1. The summed E-state index contributed by atoms with van der Waals surface area (Å²) in [4.78, 5) is 33.9. The van der Waals surface area contributed by atoms with Crippen molar-refractivity contribution in [3.8, 4) is 5.75 Å². The highest BCUT2D eigenvalue weighted by molar-refractivity contribution is 7.07. The first-order chi connectivity index (χ1) is 17.3. The fourth-order valence-corrected chi connectivity index (χ4v) is 5.08. The number of nitrogens with zero attached hydrogens (tertiary/aromatic N) is 3. The number of aromatic nitrogens is 1. The van der Waals surface area contributed by atoms with E-state index in [0.717, 1.165) is 22.6 Å². The molecule has 186 valence electrons. The van der Waals surface area contributed by atoms with Crippen molar-refractivity contribution in [2.45, 2.75) is 19.9 Å². The van der Waals surface area contributed by atoms with E-state index in [1.807, 2.05) is 73.6 Å². The predicted molar refractivity (Wildman–Crippen MR) is 143 cm³/mol. The molecule has 0 N–H and O–H groups in total. The summed E-state index contributed by atoms with van der Waals surface area (Å²) in [5.74, 6) is 0.259. The van der Waals surface area contributed by atoms with Gasteiger partial charge in [0.15, 0.2) is 4.80 Å². The van der Waals surface area contributed by atoms with Gasteiger partial charge < -0.3 is 14.4 Å². The predicted octanol–water partition coefficient (Wildman–Crippen LogP) is 3.43. The minimum atomic E-state index is -0.631. The van der Waals surface area contributed by atoms with E-state index in [0.29, 0.717) is 27.2 Å². The van der Waals surface area contributed by atoms with Gasteiger partial charge in [0.2, 0.25) is 0 Å². The molecule has 0 saturated heterocycles. The minimum absolute atomic E-state index is 0.207. The molecule has 3 aromatic rings. The Hall–Kier alpha value is -3.91. The molecule has 8 heteroatoms. The topological polar surface area (TPSA) is 73.1 Å². The Morgan fingerprint density at radius 3 is 2.47 bits per heavy atom. The number of anilines is 1. The summed E-state index contributed by atoms with van der Waals surface area (Å²) in [6.45, 7) is 7.86. The van der Waals surface area contributed by atoms with Gasteiger partial charge in [-0.3, -0.25) is 9.36 Å². The van der Waals surface area contributed by atoms with Crippen molar-refractivity contribution in [3.05, 3.63) is 103 Å². The highest BCUT2D eigenvalue weighted by Gasteiger charge is 2.33. The lowest BCUT2D eigenvalue weighted by Crippen LogP contribution is -2.39. The maximum atomic E-state index is 13.7. The van der Waals surface area contributed by atoms with E-state index in [1.54, 1.807) is 24.5 Å². The number of benzene rings is 2. The van der Waals surface area contributed by atoms with Gasteiger partial charge in [-0.1, -0.05) is 48.3 Å². The molecule has 0 amide bonds. The van der Waals surface area contributed by atoms with Crippen LogP contribution in [0.1, 0.15) is 31.0 Å². The van der Waals surface area contributed by atoms with Gasteiger partial charge in [-0.25, -0.2) is 9.79 Å². The van der Waals surface area contributed by atoms with E-state index in [2.05, 4.69) is 11.6 Å². The van der Waals surface area contributed by atoms with E-state index < -0.39 is 12.0 Å². The minimum Gasteiger partial charge on any atom is -0.490 e. The van der Waals surface area contributed by atoms with Crippen molar-refractivity contribution < 1.29 is 14.3 Å². The Balaban J connectivity index is 1.84. The molecule has 2 aromatic carbocycles. The van der Waals surface area contributed by atoms with Crippen LogP contribution in [0.15, 0.2) is 82.2 Å². The largest absolute Gasteiger partial charge is 0.490 e. The summed E-state index contributed by atoms with van der Waals surface area (Å²) < 4.78 is 13.0. The van der Waals surface area contributed by atoms with Crippen LogP contribution in [0.25, 0.3) is 6.08 Å². The average molecular weight is 504 g/mol. The maximum Gasteiger partial charge on any atom is 0.338 e. The van der Waals surface area contributed by atoms with Crippen LogP contribution in [-0.2, 0) is 9.53 Å². The van der Waals surface area contributed by atoms with Gasteiger partial charge in [-0.05, 0) is 55.3 Å². The maximum absolute atomic E-state index is 13.7. The van der Waals surface area contributed by atoms with Gasteiger partial charge in [-0.15, -0.1) is 0 Å². The number of thiazole rings is 1. The second-order valence-corrected chi connectivity index (χ2v) is 9.47. The second-order valence-electron chi connectivity index (χ2n) is 8.46. The molecular formula is C28H29N3O4S. The standard InChI is InChI=1S/C28H29N3O4S/c1-6-16-35-22-14-8-19(9-15-22)17-23-26(32)31-25(20-10-12-21(13-11-20)30(4)5)24(27(33)34-7-2)18(3)29-28(31)36-23/h6,8-15,17,25H,1,7,16H2,2-5H3/t25-/m1/s1. The number of allylic oxidation sites excluding steroid dienone is 1. The van der Waals surface area contributed by atoms with Gasteiger partial charge in [0.1, 0.15) is 12.4 Å². The molecule has 36 heavy (non-hydrogen) atoms. The molecule has 0 saturated carbocycles. The van der Waals surface area contributed by atoms with E-state index in [4.69, 9.17) is 9.47 Å². The third-order valence-electron chi connectivity index (χ3n) is 5.79. The van der Waals surface area contributed by atoms with Crippen LogP contribution in [0.4, 0.5) is 5.69 Å². The van der Waals surface area contributed by atoms with Crippen molar-refractivity contribution >= 4 is 29.1 Å². The lowest BCUT2D eigenvalue weighted by atomic mass is 9.95. The number of hydrogen-bond acceptors (Lipinski definition) is 7. The molecule has 0 bridgehead atoms. The van der Waals surface area contributed by atoms with Crippen molar-refractivity contribution in [1.82, 2.24) is 4.57 Å². The number of esters is 1. The molecule has 0 fully saturated rings. The molecule has 1 aliphatic rings. The van der Waals surface area contributed by atoms with Crippen molar-refractivity contribution in [2.75, 3.05) is 32.2 Å². The van der Waals surface area contributed by atoms with E-state index >= 15 is 0 Å². The molecule has 2 heterocycles. The number of fused-ring (bicyclic) bond motifs is 1. The summed E-state index contributed by atoms with van der Waals surface area (Å²) in [6.07, 6.45) is 3.52. The fraction of sp³-hybridized carbons (Fsp3) is 0.250. The van der Waals surface area contributed by atoms with Crippen LogP contribution >= 0.6 is 11.3 Å². The zero-order valence-electron chi connectivity index (χ0n) is 20.9. The molecule has 0 unspecified atom stereocenters. The Labute approximate surface area is 213 Å². The number of hydrogen-bond donors (Lipinski definition) is 0. The molecule has 0 spiro atoms. The number of carbonyl (C=O) groups excluding carboxylic acids is 1. The van der Waals surface area contributed by atoms with Gasteiger partial charge in [0, 0.05) is 19.8 Å². The summed E-state index contributed by atoms with van der Waals surface area (Å²) >= 11 is 1.30. The molecule has 1 aliphatic heterocycles. The molecule has 1 aromatic heterocycles. The van der Waals surface area contributed by atoms with Crippen LogP contribution in [-0.4, -0.2) is 37.8 Å². The van der Waals surface area contributed by atoms with Gasteiger partial charge in [-0.2, -0.15) is 0 Å². The zero-order chi connectivity index (χ0) is 25.8. The molecule has 4 rings (SSSR count). The van der Waals surface area contributed by atoms with Crippen molar-refractivity contribution in [3.63, 3.8) is 0 Å². The van der Waals surface area contributed by atoms with E-state index in [9.17, 15) is 9.59 Å². The normalized spacial score (nSPS) is 15.2. The molecular weight excluding hydrogens is 474 g/mol. The fourth-order valence-electron chi connectivity index (χ4n) is 4.03. The first-order valence-corrected chi connectivity index (χ1v) is 12.5. The second kappa shape index (κ2) is 10.8. The Kier molecular flexibility index (Phi) is 7.55. The monoisotopic (exact) mass is 503 g/mol. The first kappa shape index (κ1) is 25.2. The van der Waals surface area contributed by atoms with Crippen LogP contribution in [0, 0.1) is 0 Å². The summed E-state index contributed by atoms with van der Waals surface area (Å²) in [5, 5.41) is 0. The quantitative estimate of drug-likeness (QED) is 0.348. The van der Waals surface area contributed by atoms with Crippen molar-refractivity contribution in [1.29, 1.82) is 0 Å². The smallest absolute Gasteiger partial charge is 0.338 e. The zero-order valence-corrected chi connectivity index (χ0v) is 21.7. The lowest BCUT2D eigenvalue weighted by Gasteiger charge is -2.25. The third-order valence-corrected chi connectivity index (χ3v) is 6.77. The van der Waals surface area contributed by atoms with E-state index in [-0.39, 0.29) is 12.2 Å². The van der Waals surface area contributed by atoms with Crippen LogP contribution < -0.4 is 24.5 Å². The SMILES string of the molecule is C=CCOc1ccc(C=c2sc3n(c2=O)[C@H](c2ccc(N(C)C)cc2)C(C(=O)OCC)=C(C)N=3)cc1. The van der Waals surface area contributed by atoms with Crippen LogP contribution in [0.3, 0.4) is 0 Å². The van der Waals surface area contributed by atoms with Crippen molar-refractivity contribution in [2.24, 2.45) is 4.99 Å². The number of carbonyl (C=O) groups is 1. The average Bonchev–Trinajstić information content (AvgIpc) is 3.17. The summed E-state index contributed by atoms with van der Waals surface area (Å²) in [5.41, 5.74) is 3.41. The Morgan fingerprint density at radius 2 is 1.86 bits per heavy atom. The summed E-state index contributed by atoms with van der Waals surface area (Å²) in [7, 11) is 3.93. The summed E-state index contributed by atoms with van der Waals surface area (Å²) in [6, 6.07) is 14.7. The van der Waals surface area contributed by atoms with Crippen LogP contribution in [0.2, 0.25) is 0 Å². The highest BCUT2D eigenvalue weighted by Crippen LogP contribution is 2.31. The molecule has 1 atom stereocenters.